The summed E-state index contributed by atoms with van der Waals surface area (Å²) in [6.45, 7) is 3.38. The van der Waals surface area contributed by atoms with Crippen molar-refractivity contribution in [3.8, 4) is 0 Å². The van der Waals surface area contributed by atoms with Gasteiger partial charge in [0.25, 0.3) is 5.91 Å². The van der Waals surface area contributed by atoms with Crippen LogP contribution < -0.4 is 10.6 Å². The fourth-order valence-corrected chi connectivity index (χ4v) is 2.77. The van der Waals surface area contributed by atoms with Crippen LogP contribution in [0.4, 0.5) is 11.5 Å². The molecule has 3 heterocycles. The highest BCUT2D eigenvalue weighted by Crippen LogP contribution is 2.14. The number of likely N-dealkylation sites (tertiary alicyclic amines) is 1. The van der Waals surface area contributed by atoms with Crippen LogP contribution in [0, 0.1) is 0 Å². The molecule has 1 aliphatic heterocycles. The first-order valence-corrected chi connectivity index (χ1v) is 8.46. The monoisotopic (exact) mass is 325 g/mol. The van der Waals surface area contributed by atoms with Crippen molar-refractivity contribution in [2.24, 2.45) is 0 Å². The van der Waals surface area contributed by atoms with Gasteiger partial charge in [0, 0.05) is 50.3 Å². The van der Waals surface area contributed by atoms with Gasteiger partial charge in [0.1, 0.15) is 5.82 Å². The van der Waals surface area contributed by atoms with Gasteiger partial charge in [-0.15, -0.1) is 0 Å². The lowest BCUT2D eigenvalue weighted by Gasteiger charge is -2.15. The predicted octanol–water partition coefficient (Wildman–Crippen LogP) is 2.63. The lowest BCUT2D eigenvalue weighted by molar-refractivity contribution is 0.0793. The molecule has 2 N–H and O–H groups in total. The lowest BCUT2D eigenvalue weighted by Crippen LogP contribution is -2.27. The van der Waals surface area contributed by atoms with Gasteiger partial charge in [-0.25, -0.2) is 4.98 Å². The molecule has 0 aliphatic carbocycles. The smallest absolute Gasteiger partial charge is 0.254 e. The predicted molar refractivity (Wildman–Crippen MR) is 95.2 cm³/mol. The number of anilines is 2. The number of nitrogens with one attached hydrogen (secondary N) is 2. The average molecular weight is 325 g/mol. The number of pyridine rings is 2. The van der Waals surface area contributed by atoms with E-state index in [4.69, 9.17) is 0 Å². The number of carbonyl (C=O) groups is 1. The molecule has 1 amide bonds. The third-order valence-corrected chi connectivity index (χ3v) is 4.05. The standard InChI is InChI=1S/C18H23N5O/c24-18(23-11-1-2-12-23)15-6-10-22-17(13-15)21-9-4-8-20-16-5-3-7-19-14-16/h3,5-7,10,13-14,20H,1-2,4,8-9,11-12H2,(H,21,22). The summed E-state index contributed by atoms with van der Waals surface area (Å²) in [5.41, 5.74) is 1.73. The summed E-state index contributed by atoms with van der Waals surface area (Å²) in [6.07, 6.45) is 8.41. The van der Waals surface area contributed by atoms with E-state index >= 15 is 0 Å². The van der Waals surface area contributed by atoms with Crippen molar-refractivity contribution in [3.63, 3.8) is 0 Å². The Balaban J connectivity index is 1.44. The van der Waals surface area contributed by atoms with Gasteiger partial charge in [-0.1, -0.05) is 0 Å². The Hall–Kier alpha value is -2.63. The zero-order valence-electron chi connectivity index (χ0n) is 13.7. The molecule has 1 aliphatic rings. The summed E-state index contributed by atoms with van der Waals surface area (Å²) in [4.78, 5) is 22.7. The average Bonchev–Trinajstić information content (AvgIpc) is 3.17. The van der Waals surface area contributed by atoms with Crippen LogP contribution in [0.3, 0.4) is 0 Å². The number of hydrogen-bond acceptors (Lipinski definition) is 5. The van der Waals surface area contributed by atoms with Gasteiger partial charge in [-0.2, -0.15) is 0 Å². The summed E-state index contributed by atoms with van der Waals surface area (Å²) < 4.78 is 0. The van der Waals surface area contributed by atoms with Crippen LogP contribution >= 0.6 is 0 Å². The Labute approximate surface area is 142 Å². The molecule has 126 valence electrons. The number of nitrogens with zero attached hydrogens (tertiary/aromatic N) is 3. The molecular formula is C18H23N5O. The van der Waals surface area contributed by atoms with E-state index in [0.29, 0.717) is 5.56 Å². The first kappa shape index (κ1) is 16.2. The summed E-state index contributed by atoms with van der Waals surface area (Å²) in [5.74, 6) is 0.859. The summed E-state index contributed by atoms with van der Waals surface area (Å²) in [7, 11) is 0. The Bertz CT molecular complexity index is 655. The van der Waals surface area contributed by atoms with Crippen LogP contribution in [0.1, 0.15) is 29.6 Å². The van der Waals surface area contributed by atoms with Crippen LogP contribution in [-0.2, 0) is 0 Å². The van der Waals surface area contributed by atoms with Gasteiger partial charge in [-0.05, 0) is 43.5 Å². The molecule has 3 rings (SSSR count). The van der Waals surface area contributed by atoms with E-state index in [1.807, 2.05) is 29.3 Å². The number of rotatable bonds is 7. The van der Waals surface area contributed by atoms with E-state index in [1.165, 1.54) is 0 Å². The maximum Gasteiger partial charge on any atom is 0.254 e. The van der Waals surface area contributed by atoms with Crippen LogP contribution in [0.2, 0.25) is 0 Å². The Morgan fingerprint density at radius 3 is 2.75 bits per heavy atom. The molecule has 0 atom stereocenters. The molecule has 1 fully saturated rings. The molecule has 0 radical (unpaired) electrons. The van der Waals surface area contributed by atoms with Crippen molar-refractivity contribution in [2.45, 2.75) is 19.3 Å². The van der Waals surface area contributed by atoms with Crippen molar-refractivity contribution in [2.75, 3.05) is 36.8 Å². The van der Waals surface area contributed by atoms with E-state index in [2.05, 4.69) is 20.6 Å². The maximum atomic E-state index is 12.4. The first-order chi connectivity index (χ1) is 11.8. The molecule has 2 aromatic heterocycles. The lowest BCUT2D eigenvalue weighted by atomic mass is 10.2. The Morgan fingerprint density at radius 1 is 1.12 bits per heavy atom. The summed E-state index contributed by atoms with van der Waals surface area (Å²) in [6, 6.07) is 7.54. The van der Waals surface area contributed by atoms with Gasteiger partial charge in [0.15, 0.2) is 0 Å². The Morgan fingerprint density at radius 2 is 1.96 bits per heavy atom. The largest absolute Gasteiger partial charge is 0.384 e. The van der Waals surface area contributed by atoms with Crippen molar-refractivity contribution in [1.29, 1.82) is 0 Å². The molecule has 0 aromatic carbocycles. The zero-order chi connectivity index (χ0) is 16.6. The number of hydrogen-bond donors (Lipinski definition) is 2. The number of amides is 1. The van der Waals surface area contributed by atoms with Gasteiger partial charge in [0.2, 0.25) is 0 Å². The molecule has 0 saturated carbocycles. The highest BCUT2D eigenvalue weighted by Gasteiger charge is 2.19. The maximum absolute atomic E-state index is 12.4. The van der Waals surface area contributed by atoms with Crippen molar-refractivity contribution >= 4 is 17.4 Å². The van der Waals surface area contributed by atoms with Gasteiger partial charge in [0.05, 0.1) is 5.69 Å². The molecule has 2 aromatic rings. The molecular weight excluding hydrogens is 302 g/mol. The number of carbonyl (C=O) groups excluding carboxylic acids is 1. The van der Waals surface area contributed by atoms with Crippen LogP contribution in [0.5, 0.6) is 0 Å². The second kappa shape index (κ2) is 8.29. The summed E-state index contributed by atoms with van der Waals surface area (Å²) in [5, 5.41) is 6.59. The van der Waals surface area contributed by atoms with E-state index in [9.17, 15) is 4.79 Å². The highest BCUT2D eigenvalue weighted by molar-refractivity contribution is 5.95. The third-order valence-electron chi connectivity index (χ3n) is 4.05. The van der Waals surface area contributed by atoms with E-state index in [-0.39, 0.29) is 5.91 Å². The normalized spacial score (nSPS) is 13.8. The van der Waals surface area contributed by atoms with Crippen molar-refractivity contribution < 1.29 is 4.79 Å². The van der Waals surface area contributed by atoms with E-state index in [1.54, 1.807) is 18.5 Å². The van der Waals surface area contributed by atoms with Crippen LogP contribution in [0.15, 0.2) is 42.9 Å². The second-order valence-corrected chi connectivity index (χ2v) is 5.88. The van der Waals surface area contributed by atoms with Crippen LogP contribution in [-0.4, -0.2) is 47.0 Å². The number of aromatic nitrogens is 2. The van der Waals surface area contributed by atoms with Gasteiger partial charge >= 0.3 is 0 Å². The third kappa shape index (κ3) is 4.44. The second-order valence-electron chi connectivity index (χ2n) is 5.88. The minimum Gasteiger partial charge on any atom is -0.384 e. The molecule has 1 saturated heterocycles. The van der Waals surface area contributed by atoms with Crippen molar-refractivity contribution in [3.05, 3.63) is 48.4 Å². The fraction of sp³-hybridized carbons (Fsp3) is 0.389. The molecule has 0 unspecified atom stereocenters. The first-order valence-electron chi connectivity index (χ1n) is 8.46. The van der Waals surface area contributed by atoms with E-state index < -0.39 is 0 Å². The molecule has 0 spiro atoms. The molecule has 6 heteroatoms. The summed E-state index contributed by atoms with van der Waals surface area (Å²) >= 11 is 0. The fourth-order valence-electron chi connectivity index (χ4n) is 2.77. The molecule has 24 heavy (non-hydrogen) atoms. The molecule has 0 bridgehead atoms. The van der Waals surface area contributed by atoms with Gasteiger partial charge in [-0.3, -0.25) is 9.78 Å². The topological polar surface area (TPSA) is 70.1 Å². The Kier molecular flexibility index (Phi) is 5.61. The quantitative estimate of drug-likeness (QED) is 0.766. The highest BCUT2D eigenvalue weighted by atomic mass is 16.2. The van der Waals surface area contributed by atoms with Gasteiger partial charge < -0.3 is 15.5 Å². The van der Waals surface area contributed by atoms with E-state index in [0.717, 1.165) is 56.9 Å². The molecule has 6 nitrogen and oxygen atoms in total. The SMILES string of the molecule is O=C(c1ccnc(NCCCNc2cccnc2)c1)N1CCCC1. The van der Waals surface area contributed by atoms with Crippen molar-refractivity contribution in [1.82, 2.24) is 14.9 Å². The van der Waals surface area contributed by atoms with Crippen LogP contribution in [0.25, 0.3) is 0 Å². The minimum absolute atomic E-state index is 0.108. The zero-order valence-corrected chi connectivity index (χ0v) is 13.7. The minimum atomic E-state index is 0.108.